The van der Waals surface area contributed by atoms with E-state index in [1.807, 2.05) is 6.07 Å². The lowest BCUT2D eigenvalue weighted by Crippen LogP contribution is -2.14. The maximum atomic E-state index is 10.6. The predicted molar refractivity (Wildman–Crippen MR) is 67.4 cm³/mol. The Labute approximate surface area is 103 Å². The molecule has 0 fully saturated rings. The van der Waals surface area contributed by atoms with Crippen LogP contribution in [0.4, 0.5) is 5.69 Å². The Kier molecular flexibility index (Phi) is 5.42. The number of benzene rings is 1. The molecule has 16 heavy (non-hydrogen) atoms. The van der Waals surface area contributed by atoms with Gasteiger partial charge in [-0.25, -0.2) is 0 Å². The average Bonchev–Trinajstić information content (AvgIpc) is 2.23. The Morgan fingerprint density at radius 1 is 1.44 bits per heavy atom. The van der Waals surface area contributed by atoms with Gasteiger partial charge in [0.1, 0.15) is 0 Å². The van der Waals surface area contributed by atoms with Crippen LogP contribution in [0.3, 0.4) is 0 Å². The smallest absolute Gasteiger partial charge is 0.270 e. The lowest BCUT2D eigenvalue weighted by molar-refractivity contribution is -0.385. The highest BCUT2D eigenvalue weighted by molar-refractivity contribution is 9.10. The fraction of sp³-hybridized carbons (Fsp3) is 0.455. The zero-order chi connectivity index (χ0) is 12.0. The van der Waals surface area contributed by atoms with Gasteiger partial charge in [0.25, 0.3) is 5.69 Å². The number of nitro benzene ring substituents is 1. The van der Waals surface area contributed by atoms with Gasteiger partial charge in [-0.2, -0.15) is 0 Å². The van der Waals surface area contributed by atoms with Crippen LogP contribution in [0.1, 0.15) is 25.3 Å². The van der Waals surface area contributed by atoms with Crippen molar-refractivity contribution in [3.8, 4) is 0 Å². The average molecular weight is 287 g/mol. The molecule has 1 aromatic rings. The van der Waals surface area contributed by atoms with E-state index in [9.17, 15) is 10.1 Å². The summed E-state index contributed by atoms with van der Waals surface area (Å²) >= 11 is 3.27. The molecular formula is C11H15BrN2O2. The lowest BCUT2D eigenvalue weighted by atomic mass is 10.2. The van der Waals surface area contributed by atoms with Crippen molar-refractivity contribution in [3.63, 3.8) is 0 Å². The number of nitrogens with zero attached hydrogens (tertiary/aromatic N) is 1. The van der Waals surface area contributed by atoms with Crippen LogP contribution in [0.15, 0.2) is 22.7 Å². The molecule has 0 amide bonds. The van der Waals surface area contributed by atoms with Gasteiger partial charge in [0.05, 0.1) is 4.92 Å². The van der Waals surface area contributed by atoms with Crippen LogP contribution in [0.2, 0.25) is 0 Å². The Hall–Kier alpha value is -0.940. The highest BCUT2D eigenvalue weighted by atomic mass is 79.9. The van der Waals surface area contributed by atoms with Crippen LogP contribution >= 0.6 is 15.9 Å². The normalized spacial score (nSPS) is 10.4. The standard InChI is InChI=1S/C11H15BrN2O2/c1-2-3-4-13-8-9-5-10(12)7-11(6-9)14(15)16/h5-7,13H,2-4,8H2,1H3. The van der Waals surface area contributed by atoms with Gasteiger partial charge in [-0.15, -0.1) is 0 Å². The molecule has 0 aliphatic rings. The van der Waals surface area contributed by atoms with Crippen molar-refractivity contribution in [2.24, 2.45) is 0 Å². The van der Waals surface area contributed by atoms with Gasteiger partial charge in [-0.3, -0.25) is 10.1 Å². The van der Waals surface area contributed by atoms with Crippen molar-refractivity contribution in [2.45, 2.75) is 26.3 Å². The number of nitrogens with one attached hydrogen (secondary N) is 1. The Morgan fingerprint density at radius 3 is 2.81 bits per heavy atom. The quantitative estimate of drug-likeness (QED) is 0.496. The zero-order valence-corrected chi connectivity index (χ0v) is 10.8. The molecule has 4 nitrogen and oxygen atoms in total. The van der Waals surface area contributed by atoms with E-state index in [-0.39, 0.29) is 10.6 Å². The second-order valence-electron chi connectivity index (χ2n) is 3.61. The summed E-state index contributed by atoms with van der Waals surface area (Å²) in [6, 6.07) is 5.01. The molecule has 1 aromatic carbocycles. The van der Waals surface area contributed by atoms with Crippen LogP contribution in [0, 0.1) is 10.1 Å². The maximum absolute atomic E-state index is 10.6. The predicted octanol–water partition coefficient (Wildman–Crippen LogP) is 3.25. The second-order valence-corrected chi connectivity index (χ2v) is 4.52. The van der Waals surface area contributed by atoms with Gasteiger partial charge in [0.2, 0.25) is 0 Å². The molecule has 0 saturated carbocycles. The Morgan fingerprint density at radius 2 is 2.19 bits per heavy atom. The number of non-ortho nitro benzene ring substituents is 1. The first kappa shape index (κ1) is 13.1. The molecule has 0 radical (unpaired) electrons. The summed E-state index contributed by atoms with van der Waals surface area (Å²) in [4.78, 5) is 10.3. The van der Waals surface area contributed by atoms with E-state index < -0.39 is 0 Å². The fourth-order valence-electron chi connectivity index (χ4n) is 1.38. The molecule has 0 aromatic heterocycles. The van der Waals surface area contributed by atoms with Crippen LogP contribution in [-0.2, 0) is 6.54 Å². The van der Waals surface area contributed by atoms with Crippen molar-refractivity contribution in [1.82, 2.24) is 5.32 Å². The minimum Gasteiger partial charge on any atom is -0.313 e. The van der Waals surface area contributed by atoms with Crippen LogP contribution in [-0.4, -0.2) is 11.5 Å². The highest BCUT2D eigenvalue weighted by Gasteiger charge is 2.08. The fourth-order valence-corrected chi connectivity index (χ4v) is 1.90. The van der Waals surface area contributed by atoms with E-state index >= 15 is 0 Å². The molecule has 0 heterocycles. The molecule has 88 valence electrons. The number of unbranched alkanes of at least 4 members (excludes halogenated alkanes) is 1. The van der Waals surface area contributed by atoms with E-state index in [1.54, 1.807) is 6.07 Å². The number of hydrogen-bond donors (Lipinski definition) is 1. The minimum atomic E-state index is -0.375. The highest BCUT2D eigenvalue weighted by Crippen LogP contribution is 2.21. The largest absolute Gasteiger partial charge is 0.313 e. The molecule has 0 aliphatic carbocycles. The summed E-state index contributed by atoms with van der Waals surface area (Å²) in [6.45, 7) is 3.74. The van der Waals surface area contributed by atoms with E-state index in [4.69, 9.17) is 0 Å². The zero-order valence-electron chi connectivity index (χ0n) is 9.20. The van der Waals surface area contributed by atoms with Gasteiger partial charge >= 0.3 is 0 Å². The molecule has 0 unspecified atom stereocenters. The topological polar surface area (TPSA) is 55.2 Å². The molecule has 1 rings (SSSR count). The van der Waals surface area contributed by atoms with Gasteiger partial charge in [0, 0.05) is 23.2 Å². The number of halogens is 1. The number of nitro groups is 1. The summed E-state index contributed by atoms with van der Waals surface area (Å²) < 4.78 is 0.744. The van der Waals surface area contributed by atoms with Crippen molar-refractivity contribution in [2.75, 3.05) is 6.54 Å². The molecule has 0 saturated heterocycles. The minimum absolute atomic E-state index is 0.127. The maximum Gasteiger partial charge on any atom is 0.270 e. The summed E-state index contributed by atoms with van der Waals surface area (Å²) in [5.41, 5.74) is 1.05. The summed E-state index contributed by atoms with van der Waals surface area (Å²) in [5, 5.41) is 13.9. The summed E-state index contributed by atoms with van der Waals surface area (Å²) in [7, 11) is 0. The van der Waals surface area contributed by atoms with Gasteiger partial charge in [-0.1, -0.05) is 29.3 Å². The molecule has 0 aliphatic heterocycles. The van der Waals surface area contributed by atoms with Crippen molar-refractivity contribution >= 4 is 21.6 Å². The molecule has 0 spiro atoms. The molecular weight excluding hydrogens is 272 g/mol. The van der Waals surface area contributed by atoms with Crippen molar-refractivity contribution in [3.05, 3.63) is 38.3 Å². The third kappa shape index (κ3) is 4.28. The van der Waals surface area contributed by atoms with E-state index in [2.05, 4.69) is 28.2 Å². The monoisotopic (exact) mass is 286 g/mol. The first-order valence-electron chi connectivity index (χ1n) is 5.28. The molecule has 5 heteroatoms. The second kappa shape index (κ2) is 6.60. The first-order chi connectivity index (χ1) is 7.63. The number of rotatable bonds is 6. The van der Waals surface area contributed by atoms with Crippen LogP contribution < -0.4 is 5.32 Å². The van der Waals surface area contributed by atoms with Gasteiger partial charge < -0.3 is 5.32 Å². The van der Waals surface area contributed by atoms with Crippen molar-refractivity contribution in [1.29, 1.82) is 0 Å². The van der Waals surface area contributed by atoms with Crippen molar-refractivity contribution < 1.29 is 4.92 Å². The van der Waals surface area contributed by atoms with Crippen LogP contribution in [0.25, 0.3) is 0 Å². The van der Waals surface area contributed by atoms with E-state index in [0.29, 0.717) is 6.54 Å². The van der Waals surface area contributed by atoms with Crippen LogP contribution in [0.5, 0.6) is 0 Å². The Balaban J connectivity index is 2.62. The SMILES string of the molecule is CCCCNCc1cc(Br)cc([N+](=O)[O-])c1. The first-order valence-corrected chi connectivity index (χ1v) is 6.07. The molecule has 1 N–H and O–H groups in total. The van der Waals surface area contributed by atoms with E-state index in [0.717, 1.165) is 29.4 Å². The Bertz CT molecular complexity index is 369. The molecule has 0 atom stereocenters. The van der Waals surface area contributed by atoms with E-state index in [1.165, 1.54) is 6.07 Å². The third-order valence-electron chi connectivity index (χ3n) is 2.19. The third-order valence-corrected chi connectivity index (χ3v) is 2.65. The lowest BCUT2D eigenvalue weighted by Gasteiger charge is -2.04. The summed E-state index contributed by atoms with van der Waals surface area (Å²) in [6.07, 6.45) is 2.27. The summed E-state index contributed by atoms with van der Waals surface area (Å²) in [5.74, 6) is 0. The van der Waals surface area contributed by atoms with Gasteiger partial charge in [-0.05, 0) is 24.6 Å². The van der Waals surface area contributed by atoms with Gasteiger partial charge in [0.15, 0.2) is 0 Å². The molecule has 0 bridgehead atoms. The number of hydrogen-bond acceptors (Lipinski definition) is 3.